The van der Waals surface area contributed by atoms with Crippen LogP contribution in [0.1, 0.15) is 38.7 Å². The van der Waals surface area contributed by atoms with Gasteiger partial charge in [0.2, 0.25) is 0 Å². The van der Waals surface area contributed by atoms with Crippen LogP contribution in [0.5, 0.6) is 5.75 Å². The van der Waals surface area contributed by atoms with E-state index in [1.54, 1.807) is 6.07 Å². The fraction of sp³-hybridized carbons (Fsp3) is 0.625. The molecule has 112 valence electrons. The van der Waals surface area contributed by atoms with Crippen molar-refractivity contribution in [3.05, 3.63) is 29.6 Å². The Morgan fingerprint density at radius 2 is 2.15 bits per heavy atom. The molecule has 1 heterocycles. The first kappa shape index (κ1) is 15.3. The summed E-state index contributed by atoms with van der Waals surface area (Å²) in [4.78, 5) is 2.33. The molecule has 1 aromatic carbocycles. The van der Waals surface area contributed by atoms with Crippen LogP contribution in [0.25, 0.3) is 0 Å². The van der Waals surface area contributed by atoms with Crippen molar-refractivity contribution in [2.45, 2.75) is 51.7 Å². The van der Waals surface area contributed by atoms with E-state index < -0.39 is 0 Å². The van der Waals surface area contributed by atoms with E-state index in [0.29, 0.717) is 18.6 Å². The molecule has 1 aromatic rings. The molecule has 0 aromatic heterocycles. The minimum Gasteiger partial charge on any atom is -0.508 e. The number of hydrogen-bond donors (Lipinski definition) is 2. The molecule has 1 atom stereocenters. The molecule has 0 radical (unpaired) electrons. The molecule has 0 amide bonds. The minimum atomic E-state index is -0.375. The maximum absolute atomic E-state index is 13.3. The Morgan fingerprint density at radius 3 is 2.75 bits per heavy atom. The maximum Gasteiger partial charge on any atom is 0.127 e. The van der Waals surface area contributed by atoms with Crippen LogP contribution in [-0.4, -0.2) is 35.2 Å². The van der Waals surface area contributed by atoms with Gasteiger partial charge in [-0.25, -0.2) is 4.39 Å². The van der Waals surface area contributed by atoms with Gasteiger partial charge in [-0.1, -0.05) is 6.42 Å². The first-order valence-corrected chi connectivity index (χ1v) is 7.50. The number of nitrogens with zero attached hydrogens (tertiary/aromatic N) is 1. The van der Waals surface area contributed by atoms with Gasteiger partial charge in [0.1, 0.15) is 11.6 Å². The molecule has 0 aliphatic carbocycles. The van der Waals surface area contributed by atoms with E-state index >= 15 is 0 Å². The molecule has 0 bridgehead atoms. The highest BCUT2D eigenvalue weighted by Gasteiger charge is 2.19. The minimum absolute atomic E-state index is 0.000465. The molecular formula is C16H25FN2O. The van der Waals surface area contributed by atoms with Crippen molar-refractivity contribution in [3.63, 3.8) is 0 Å². The zero-order valence-electron chi connectivity index (χ0n) is 12.4. The number of halogens is 1. The quantitative estimate of drug-likeness (QED) is 0.870. The first-order chi connectivity index (χ1) is 9.54. The van der Waals surface area contributed by atoms with E-state index in [-0.39, 0.29) is 11.6 Å². The van der Waals surface area contributed by atoms with Gasteiger partial charge in [0.05, 0.1) is 0 Å². The molecule has 2 rings (SSSR count). The van der Waals surface area contributed by atoms with E-state index in [2.05, 4.69) is 24.1 Å². The Kier molecular flexibility index (Phi) is 5.38. The van der Waals surface area contributed by atoms with E-state index in [1.807, 2.05) is 0 Å². The predicted octanol–water partition coefficient (Wildman–Crippen LogP) is 2.88. The number of hydrogen-bond acceptors (Lipinski definition) is 3. The Morgan fingerprint density at radius 1 is 1.35 bits per heavy atom. The van der Waals surface area contributed by atoms with Gasteiger partial charge in [-0.15, -0.1) is 0 Å². The van der Waals surface area contributed by atoms with Gasteiger partial charge in [0, 0.05) is 31.2 Å². The highest BCUT2D eigenvalue weighted by molar-refractivity contribution is 5.28. The molecule has 1 aliphatic heterocycles. The third-order valence-electron chi connectivity index (χ3n) is 3.93. The van der Waals surface area contributed by atoms with E-state index in [0.717, 1.165) is 24.7 Å². The standard InChI is InChI=1S/C16H25FN2O/c1-12(2)19(11-15-5-3-4-6-18-15)10-13-7-14(17)9-16(20)8-13/h7-9,12,15,18,20H,3-6,10-11H2,1-2H3. The molecule has 0 saturated carbocycles. The Balaban J connectivity index is 2.00. The number of nitrogens with one attached hydrogen (secondary N) is 1. The molecule has 4 heteroatoms. The van der Waals surface area contributed by atoms with Crippen molar-refractivity contribution in [2.24, 2.45) is 0 Å². The summed E-state index contributed by atoms with van der Waals surface area (Å²) in [7, 11) is 0. The summed E-state index contributed by atoms with van der Waals surface area (Å²) in [5.41, 5.74) is 0.826. The summed E-state index contributed by atoms with van der Waals surface area (Å²) in [6.45, 7) is 7.04. The monoisotopic (exact) mass is 280 g/mol. The van der Waals surface area contributed by atoms with Crippen LogP contribution in [0.15, 0.2) is 18.2 Å². The van der Waals surface area contributed by atoms with Crippen molar-refractivity contribution in [2.75, 3.05) is 13.1 Å². The average Bonchev–Trinajstić information content (AvgIpc) is 2.38. The summed E-state index contributed by atoms with van der Waals surface area (Å²) in [6.07, 6.45) is 3.75. The van der Waals surface area contributed by atoms with Crippen LogP contribution in [0.2, 0.25) is 0 Å². The largest absolute Gasteiger partial charge is 0.508 e. The van der Waals surface area contributed by atoms with Gasteiger partial charge in [-0.3, -0.25) is 4.90 Å². The summed E-state index contributed by atoms with van der Waals surface area (Å²) < 4.78 is 13.3. The second-order valence-corrected chi connectivity index (χ2v) is 5.99. The fourth-order valence-electron chi connectivity index (χ4n) is 2.78. The van der Waals surface area contributed by atoms with Crippen LogP contribution in [0, 0.1) is 5.82 Å². The molecular weight excluding hydrogens is 255 g/mol. The normalized spacial score (nSPS) is 19.8. The average molecular weight is 280 g/mol. The molecule has 3 nitrogen and oxygen atoms in total. The van der Waals surface area contributed by atoms with Crippen molar-refractivity contribution < 1.29 is 9.50 Å². The Bertz CT molecular complexity index is 410. The molecule has 20 heavy (non-hydrogen) atoms. The lowest BCUT2D eigenvalue weighted by Crippen LogP contribution is -2.45. The third kappa shape index (κ3) is 4.46. The van der Waals surface area contributed by atoms with Gasteiger partial charge >= 0.3 is 0 Å². The molecule has 1 unspecified atom stereocenters. The lowest BCUT2D eigenvalue weighted by atomic mass is 10.0. The second kappa shape index (κ2) is 7.04. The van der Waals surface area contributed by atoms with Crippen molar-refractivity contribution in [3.8, 4) is 5.75 Å². The number of piperidine rings is 1. The molecule has 1 saturated heterocycles. The Hall–Kier alpha value is -1.13. The number of aromatic hydroxyl groups is 1. The van der Waals surface area contributed by atoms with Crippen molar-refractivity contribution in [1.82, 2.24) is 10.2 Å². The smallest absolute Gasteiger partial charge is 0.127 e. The predicted molar refractivity (Wildman–Crippen MR) is 79.3 cm³/mol. The van der Waals surface area contributed by atoms with E-state index in [1.165, 1.54) is 25.3 Å². The number of phenols is 1. The lowest BCUT2D eigenvalue weighted by molar-refractivity contribution is 0.177. The van der Waals surface area contributed by atoms with Gasteiger partial charge in [-0.2, -0.15) is 0 Å². The van der Waals surface area contributed by atoms with Crippen LogP contribution < -0.4 is 5.32 Å². The van der Waals surface area contributed by atoms with Crippen molar-refractivity contribution in [1.29, 1.82) is 0 Å². The highest BCUT2D eigenvalue weighted by Crippen LogP contribution is 2.18. The molecule has 0 spiro atoms. The van der Waals surface area contributed by atoms with Crippen molar-refractivity contribution >= 4 is 0 Å². The maximum atomic E-state index is 13.3. The van der Waals surface area contributed by atoms with E-state index in [9.17, 15) is 9.50 Å². The number of rotatable bonds is 5. The van der Waals surface area contributed by atoms with Gasteiger partial charge in [0.15, 0.2) is 0 Å². The zero-order valence-corrected chi connectivity index (χ0v) is 12.4. The molecule has 1 aliphatic rings. The zero-order chi connectivity index (χ0) is 14.5. The lowest BCUT2D eigenvalue weighted by Gasteiger charge is -2.33. The van der Waals surface area contributed by atoms with Crippen LogP contribution in [0.3, 0.4) is 0 Å². The van der Waals surface area contributed by atoms with Gasteiger partial charge in [0.25, 0.3) is 0 Å². The first-order valence-electron chi connectivity index (χ1n) is 7.50. The van der Waals surface area contributed by atoms with Gasteiger partial charge < -0.3 is 10.4 Å². The summed E-state index contributed by atoms with van der Waals surface area (Å²) in [5.74, 6) is -0.376. The number of phenolic OH excluding ortho intramolecular Hbond substituents is 1. The van der Waals surface area contributed by atoms with Crippen LogP contribution >= 0.6 is 0 Å². The van der Waals surface area contributed by atoms with Crippen LogP contribution in [0.4, 0.5) is 4.39 Å². The SMILES string of the molecule is CC(C)N(Cc1cc(O)cc(F)c1)CC1CCCCN1. The summed E-state index contributed by atoms with van der Waals surface area (Å²) in [5, 5.41) is 13.0. The third-order valence-corrected chi connectivity index (χ3v) is 3.93. The Labute approximate surface area is 120 Å². The van der Waals surface area contributed by atoms with Crippen LogP contribution in [-0.2, 0) is 6.54 Å². The molecule has 1 fully saturated rings. The highest BCUT2D eigenvalue weighted by atomic mass is 19.1. The number of benzene rings is 1. The second-order valence-electron chi connectivity index (χ2n) is 5.99. The topological polar surface area (TPSA) is 35.5 Å². The van der Waals surface area contributed by atoms with Gasteiger partial charge in [-0.05, 0) is 50.9 Å². The molecule has 2 N–H and O–H groups in total. The summed E-state index contributed by atoms with van der Waals surface area (Å²) in [6, 6.07) is 5.21. The fourth-order valence-corrected chi connectivity index (χ4v) is 2.78. The van der Waals surface area contributed by atoms with E-state index in [4.69, 9.17) is 0 Å². The summed E-state index contributed by atoms with van der Waals surface area (Å²) >= 11 is 0.